The monoisotopic (exact) mass is 229 g/mol. The van der Waals surface area contributed by atoms with Crippen molar-refractivity contribution in [3.63, 3.8) is 0 Å². The molecule has 0 radical (unpaired) electrons. The second kappa shape index (κ2) is 3.68. The van der Waals surface area contributed by atoms with Crippen LogP contribution in [-0.4, -0.2) is 22.0 Å². The molecule has 15 heavy (non-hydrogen) atoms. The number of nitrogens with two attached hydrogens (primary N) is 1. The summed E-state index contributed by atoms with van der Waals surface area (Å²) in [6.07, 6.45) is 3.44. The maximum absolute atomic E-state index is 5.88. The third kappa shape index (κ3) is 2.11. The lowest BCUT2D eigenvalue weighted by Gasteiger charge is -2.35. The summed E-state index contributed by atoms with van der Waals surface area (Å²) in [5, 5.41) is 4.74. The molecule has 2 N–H and O–H groups in total. The van der Waals surface area contributed by atoms with Crippen LogP contribution in [0.5, 0.6) is 0 Å². The number of hydrogen-bond acceptors (Lipinski definition) is 3. The Morgan fingerprint density at radius 1 is 1.67 bits per heavy atom. The van der Waals surface area contributed by atoms with Crippen LogP contribution in [0.25, 0.3) is 0 Å². The van der Waals surface area contributed by atoms with E-state index in [1.165, 1.54) is 0 Å². The Morgan fingerprint density at radius 2 is 2.40 bits per heavy atom. The minimum atomic E-state index is -0.103. The molecular weight excluding hydrogens is 214 g/mol. The number of halogens is 1. The van der Waals surface area contributed by atoms with Crippen molar-refractivity contribution in [3.8, 4) is 0 Å². The predicted octanol–water partition coefficient (Wildman–Crippen LogP) is 2.25. The quantitative estimate of drug-likeness (QED) is 0.804. The van der Waals surface area contributed by atoms with Crippen molar-refractivity contribution in [2.75, 3.05) is 12.3 Å². The third-order valence-electron chi connectivity index (χ3n) is 2.80. The van der Waals surface area contributed by atoms with Gasteiger partial charge in [0, 0.05) is 6.61 Å². The molecule has 0 aromatic carbocycles. The van der Waals surface area contributed by atoms with Crippen LogP contribution in [0.2, 0.25) is 5.02 Å². The van der Waals surface area contributed by atoms with Crippen LogP contribution in [0, 0.1) is 0 Å². The molecular formula is C10H16ClN3O. The molecule has 84 valence electrons. The van der Waals surface area contributed by atoms with Crippen molar-refractivity contribution < 1.29 is 4.74 Å². The fourth-order valence-electron chi connectivity index (χ4n) is 2.05. The van der Waals surface area contributed by atoms with E-state index in [-0.39, 0.29) is 5.60 Å². The van der Waals surface area contributed by atoms with Gasteiger partial charge in [0.05, 0.1) is 17.8 Å². The van der Waals surface area contributed by atoms with Crippen LogP contribution >= 0.6 is 11.6 Å². The van der Waals surface area contributed by atoms with Crippen molar-refractivity contribution in [1.29, 1.82) is 0 Å². The zero-order valence-electron chi connectivity index (χ0n) is 9.03. The van der Waals surface area contributed by atoms with Gasteiger partial charge in [-0.3, -0.25) is 0 Å². The average Bonchev–Trinajstić information content (AvgIpc) is 2.46. The first-order valence-corrected chi connectivity index (χ1v) is 5.50. The lowest BCUT2D eigenvalue weighted by molar-refractivity contribution is -0.0704. The average molecular weight is 230 g/mol. The second-order valence-corrected chi connectivity index (χ2v) is 4.98. The highest BCUT2D eigenvalue weighted by molar-refractivity contribution is 6.32. The molecule has 4 nitrogen and oxygen atoms in total. The molecule has 0 saturated carbocycles. The molecule has 0 aliphatic carbocycles. The van der Waals surface area contributed by atoms with Crippen LogP contribution in [0.3, 0.4) is 0 Å². The maximum atomic E-state index is 5.88. The van der Waals surface area contributed by atoms with Crippen LogP contribution in [0.4, 0.5) is 5.82 Å². The van der Waals surface area contributed by atoms with Gasteiger partial charge in [0.15, 0.2) is 0 Å². The molecule has 0 spiro atoms. The van der Waals surface area contributed by atoms with Crippen molar-refractivity contribution in [2.24, 2.45) is 0 Å². The molecule has 0 bridgehead atoms. The van der Waals surface area contributed by atoms with Gasteiger partial charge in [-0.1, -0.05) is 11.6 Å². The Morgan fingerprint density at radius 3 is 2.93 bits per heavy atom. The first-order chi connectivity index (χ1) is 6.99. The van der Waals surface area contributed by atoms with E-state index in [0.717, 1.165) is 19.4 Å². The summed E-state index contributed by atoms with van der Waals surface area (Å²) >= 11 is 5.88. The summed E-state index contributed by atoms with van der Waals surface area (Å²) in [7, 11) is 0. The van der Waals surface area contributed by atoms with Gasteiger partial charge in [-0.25, -0.2) is 4.68 Å². The third-order valence-corrected chi connectivity index (χ3v) is 3.10. The fraction of sp³-hybridized carbons (Fsp3) is 0.700. The van der Waals surface area contributed by atoms with Crippen molar-refractivity contribution in [3.05, 3.63) is 11.2 Å². The Kier molecular flexibility index (Phi) is 2.64. The largest absolute Gasteiger partial charge is 0.383 e. The number of aromatic nitrogens is 2. The van der Waals surface area contributed by atoms with E-state index in [4.69, 9.17) is 22.1 Å². The molecule has 1 saturated heterocycles. The number of nitrogens with zero attached hydrogens (tertiary/aromatic N) is 2. The van der Waals surface area contributed by atoms with Crippen LogP contribution < -0.4 is 5.73 Å². The summed E-state index contributed by atoms with van der Waals surface area (Å²) in [6.45, 7) is 4.91. The summed E-state index contributed by atoms with van der Waals surface area (Å²) in [5.41, 5.74) is 5.75. The Balaban J connectivity index is 2.21. The highest BCUT2D eigenvalue weighted by Gasteiger charge is 2.31. The van der Waals surface area contributed by atoms with Gasteiger partial charge in [-0.15, -0.1) is 0 Å². The van der Waals surface area contributed by atoms with E-state index < -0.39 is 0 Å². The normalized spacial score (nSPS) is 25.4. The zero-order valence-corrected chi connectivity index (χ0v) is 9.79. The number of nitrogen functional groups attached to an aromatic ring is 1. The highest BCUT2D eigenvalue weighted by Crippen LogP contribution is 2.34. The van der Waals surface area contributed by atoms with Crippen LogP contribution in [-0.2, 0) is 4.74 Å². The number of hydrogen-bond donors (Lipinski definition) is 1. The Labute approximate surface area is 94.3 Å². The van der Waals surface area contributed by atoms with Gasteiger partial charge in [0.2, 0.25) is 0 Å². The Bertz CT molecular complexity index is 362. The van der Waals surface area contributed by atoms with E-state index in [1.54, 1.807) is 6.20 Å². The van der Waals surface area contributed by atoms with Crippen molar-refractivity contribution in [1.82, 2.24) is 9.78 Å². The molecule has 5 heteroatoms. The van der Waals surface area contributed by atoms with Gasteiger partial charge in [-0.05, 0) is 26.7 Å². The minimum Gasteiger partial charge on any atom is -0.383 e. The van der Waals surface area contributed by atoms with Gasteiger partial charge >= 0.3 is 0 Å². The van der Waals surface area contributed by atoms with E-state index in [9.17, 15) is 0 Å². The highest BCUT2D eigenvalue weighted by atomic mass is 35.5. The minimum absolute atomic E-state index is 0.103. The number of rotatable bonds is 1. The van der Waals surface area contributed by atoms with E-state index in [1.807, 2.05) is 4.68 Å². The number of ether oxygens (including phenoxy) is 1. The van der Waals surface area contributed by atoms with Gasteiger partial charge in [-0.2, -0.15) is 5.10 Å². The summed E-state index contributed by atoms with van der Waals surface area (Å²) in [4.78, 5) is 0. The van der Waals surface area contributed by atoms with E-state index in [2.05, 4.69) is 18.9 Å². The summed E-state index contributed by atoms with van der Waals surface area (Å²) in [5.74, 6) is 0.555. The molecule has 2 rings (SSSR count). The smallest absolute Gasteiger partial charge is 0.140 e. The molecule has 0 amide bonds. The lowest BCUT2D eigenvalue weighted by Crippen LogP contribution is -2.35. The maximum Gasteiger partial charge on any atom is 0.140 e. The molecule has 1 aromatic rings. The second-order valence-electron chi connectivity index (χ2n) is 4.58. The fourth-order valence-corrected chi connectivity index (χ4v) is 2.18. The molecule has 2 heterocycles. The van der Waals surface area contributed by atoms with Crippen LogP contribution in [0.1, 0.15) is 32.7 Å². The summed E-state index contributed by atoms with van der Waals surface area (Å²) in [6, 6.07) is 0.293. The standard InChI is InChI=1S/C10H16ClN3O/c1-10(2)5-7(3-4-15-10)14-9(12)8(11)6-13-14/h6-7H,3-5,12H2,1-2H3. The summed E-state index contributed by atoms with van der Waals surface area (Å²) < 4.78 is 7.46. The van der Waals surface area contributed by atoms with Gasteiger partial charge in [0.25, 0.3) is 0 Å². The van der Waals surface area contributed by atoms with E-state index >= 15 is 0 Å². The molecule has 1 aliphatic heterocycles. The molecule has 1 aromatic heterocycles. The van der Waals surface area contributed by atoms with E-state index in [0.29, 0.717) is 16.9 Å². The topological polar surface area (TPSA) is 53.1 Å². The van der Waals surface area contributed by atoms with Gasteiger partial charge in [0.1, 0.15) is 10.8 Å². The first-order valence-electron chi connectivity index (χ1n) is 5.12. The molecule has 1 aliphatic rings. The molecule has 1 atom stereocenters. The molecule has 1 unspecified atom stereocenters. The van der Waals surface area contributed by atoms with Crippen LogP contribution in [0.15, 0.2) is 6.20 Å². The first kappa shape index (κ1) is 10.8. The van der Waals surface area contributed by atoms with Gasteiger partial charge < -0.3 is 10.5 Å². The molecule has 1 fully saturated rings. The SMILES string of the molecule is CC1(C)CC(n2ncc(Cl)c2N)CCO1. The Hall–Kier alpha value is -0.740. The number of anilines is 1. The zero-order chi connectivity index (χ0) is 11.1. The van der Waals surface area contributed by atoms with Crippen molar-refractivity contribution in [2.45, 2.75) is 38.3 Å². The van der Waals surface area contributed by atoms with Crippen molar-refractivity contribution >= 4 is 17.4 Å². The predicted molar refractivity (Wildman–Crippen MR) is 60.0 cm³/mol. The lowest BCUT2D eigenvalue weighted by atomic mass is 9.94.